The number of aromatic nitrogens is 3. The number of nitrogens with zero attached hydrogens (tertiary/aromatic N) is 3. The molecule has 2 aromatic carbocycles. The molecule has 0 atom stereocenters. The average molecular weight is 310 g/mol. The lowest BCUT2D eigenvalue weighted by atomic mass is 10.2. The number of hydrogen-bond donors (Lipinski definition) is 1. The molecule has 0 amide bonds. The fourth-order valence-electron chi connectivity index (χ4n) is 2.21. The summed E-state index contributed by atoms with van der Waals surface area (Å²) in [5.41, 5.74) is 8.76. The molecule has 0 fully saturated rings. The van der Waals surface area contributed by atoms with Crippen LogP contribution in [0.2, 0.25) is 0 Å². The molecule has 0 radical (unpaired) electrons. The van der Waals surface area contributed by atoms with E-state index in [0.29, 0.717) is 30.2 Å². The first-order valence-electron chi connectivity index (χ1n) is 7.34. The Morgan fingerprint density at radius 1 is 1.17 bits per heavy atom. The summed E-state index contributed by atoms with van der Waals surface area (Å²) in [7, 11) is 0. The molecule has 3 rings (SSSR count). The Balaban J connectivity index is 1.98. The normalized spacial score (nSPS) is 10.7. The van der Waals surface area contributed by atoms with Gasteiger partial charge in [0.05, 0.1) is 18.0 Å². The van der Waals surface area contributed by atoms with Gasteiger partial charge < -0.3 is 15.2 Å². The van der Waals surface area contributed by atoms with Crippen molar-refractivity contribution in [3.8, 4) is 17.2 Å². The number of nitrogens with two attached hydrogens (primary N) is 1. The summed E-state index contributed by atoms with van der Waals surface area (Å²) in [6.45, 7) is 6.55. The van der Waals surface area contributed by atoms with Crippen molar-refractivity contribution in [1.29, 1.82) is 0 Å². The van der Waals surface area contributed by atoms with Crippen LogP contribution in [0.3, 0.4) is 0 Å². The molecule has 118 valence electrons. The van der Waals surface area contributed by atoms with Gasteiger partial charge in [0.15, 0.2) is 0 Å². The Morgan fingerprint density at radius 3 is 2.70 bits per heavy atom. The molecule has 23 heavy (non-hydrogen) atoms. The van der Waals surface area contributed by atoms with Crippen LogP contribution in [0.25, 0.3) is 16.7 Å². The minimum absolute atomic E-state index is 0.451. The maximum absolute atomic E-state index is 5.97. The molecule has 1 aromatic heterocycles. The lowest BCUT2D eigenvalue weighted by molar-refractivity contribution is 0.342. The SMILES string of the molecule is C=CCOc1cccc(-n2nc3cc(N)c(OCC)cc3n2)c1. The molecule has 0 aliphatic heterocycles. The van der Waals surface area contributed by atoms with Gasteiger partial charge in [-0.25, -0.2) is 0 Å². The van der Waals surface area contributed by atoms with Gasteiger partial charge in [0, 0.05) is 12.1 Å². The highest BCUT2D eigenvalue weighted by Gasteiger charge is 2.10. The number of anilines is 1. The lowest BCUT2D eigenvalue weighted by Crippen LogP contribution is -1.99. The number of benzene rings is 2. The fraction of sp³-hybridized carbons (Fsp3) is 0.176. The van der Waals surface area contributed by atoms with E-state index in [1.54, 1.807) is 23.0 Å². The van der Waals surface area contributed by atoms with Crippen LogP contribution in [-0.2, 0) is 0 Å². The number of fused-ring (bicyclic) bond motifs is 1. The standard InChI is InChI=1S/C17H18N4O2/c1-3-8-23-13-7-5-6-12(9-13)21-19-15-10-14(18)17(22-4-2)11-16(15)20-21/h3,5-7,9-11H,1,4,8,18H2,2H3. The van der Waals surface area contributed by atoms with E-state index >= 15 is 0 Å². The zero-order valence-corrected chi connectivity index (χ0v) is 12.9. The Bertz CT molecular complexity index is 842. The van der Waals surface area contributed by atoms with E-state index in [2.05, 4.69) is 16.8 Å². The third-order valence-corrected chi connectivity index (χ3v) is 3.23. The van der Waals surface area contributed by atoms with Crippen LogP contribution >= 0.6 is 0 Å². The van der Waals surface area contributed by atoms with E-state index in [9.17, 15) is 0 Å². The first-order chi connectivity index (χ1) is 11.2. The smallest absolute Gasteiger partial charge is 0.144 e. The summed E-state index contributed by atoms with van der Waals surface area (Å²) in [4.78, 5) is 1.56. The van der Waals surface area contributed by atoms with Gasteiger partial charge in [-0.15, -0.1) is 10.2 Å². The first kappa shape index (κ1) is 14.9. The molecule has 6 heteroatoms. The zero-order valence-electron chi connectivity index (χ0n) is 12.9. The van der Waals surface area contributed by atoms with E-state index in [1.165, 1.54) is 0 Å². The van der Waals surface area contributed by atoms with Crippen LogP contribution in [0, 0.1) is 0 Å². The van der Waals surface area contributed by atoms with Crippen molar-refractivity contribution in [2.75, 3.05) is 18.9 Å². The Labute approximate surface area is 134 Å². The molecule has 0 aliphatic rings. The van der Waals surface area contributed by atoms with Gasteiger partial charge in [0.2, 0.25) is 0 Å². The first-order valence-corrected chi connectivity index (χ1v) is 7.34. The minimum Gasteiger partial charge on any atom is -0.492 e. The molecule has 6 nitrogen and oxygen atoms in total. The van der Waals surface area contributed by atoms with Crippen LogP contribution < -0.4 is 15.2 Å². The molecule has 1 heterocycles. The summed E-state index contributed by atoms with van der Waals surface area (Å²) >= 11 is 0. The van der Waals surface area contributed by atoms with Gasteiger partial charge >= 0.3 is 0 Å². The van der Waals surface area contributed by atoms with Crippen molar-refractivity contribution < 1.29 is 9.47 Å². The third kappa shape index (κ3) is 3.11. The molecule has 0 bridgehead atoms. The van der Waals surface area contributed by atoms with Crippen LogP contribution in [0.15, 0.2) is 49.1 Å². The van der Waals surface area contributed by atoms with Crippen LogP contribution in [0.4, 0.5) is 5.69 Å². The van der Waals surface area contributed by atoms with Gasteiger partial charge in [-0.2, -0.15) is 4.80 Å². The monoisotopic (exact) mass is 310 g/mol. The molecular formula is C17H18N4O2. The van der Waals surface area contributed by atoms with Crippen molar-refractivity contribution >= 4 is 16.7 Å². The average Bonchev–Trinajstić information content (AvgIpc) is 2.96. The summed E-state index contributed by atoms with van der Waals surface area (Å²) in [6.07, 6.45) is 1.70. The zero-order chi connectivity index (χ0) is 16.2. The molecule has 0 unspecified atom stereocenters. The topological polar surface area (TPSA) is 75.2 Å². The van der Waals surface area contributed by atoms with Crippen molar-refractivity contribution in [2.45, 2.75) is 6.92 Å². The second-order valence-corrected chi connectivity index (χ2v) is 4.90. The number of hydrogen-bond acceptors (Lipinski definition) is 5. The molecular weight excluding hydrogens is 292 g/mol. The maximum Gasteiger partial charge on any atom is 0.144 e. The number of nitrogen functional groups attached to an aromatic ring is 1. The highest BCUT2D eigenvalue weighted by atomic mass is 16.5. The molecule has 3 aromatic rings. The van der Waals surface area contributed by atoms with E-state index in [1.807, 2.05) is 31.2 Å². The van der Waals surface area contributed by atoms with E-state index in [4.69, 9.17) is 15.2 Å². The highest BCUT2D eigenvalue weighted by Crippen LogP contribution is 2.27. The molecule has 0 saturated carbocycles. The summed E-state index contributed by atoms with van der Waals surface area (Å²) < 4.78 is 11.0. The van der Waals surface area contributed by atoms with Gasteiger partial charge in [0.1, 0.15) is 29.1 Å². The summed E-state index contributed by atoms with van der Waals surface area (Å²) in [6, 6.07) is 11.1. The summed E-state index contributed by atoms with van der Waals surface area (Å²) in [5, 5.41) is 8.94. The van der Waals surface area contributed by atoms with Gasteiger partial charge in [0.25, 0.3) is 0 Å². The largest absolute Gasteiger partial charge is 0.492 e. The molecule has 0 aliphatic carbocycles. The van der Waals surface area contributed by atoms with Gasteiger partial charge in [-0.3, -0.25) is 0 Å². The van der Waals surface area contributed by atoms with Crippen molar-refractivity contribution in [1.82, 2.24) is 15.0 Å². The van der Waals surface area contributed by atoms with E-state index in [-0.39, 0.29) is 0 Å². The van der Waals surface area contributed by atoms with Crippen molar-refractivity contribution in [2.24, 2.45) is 0 Å². The Kier molecular flexibility index (Phi) is 4.14. The van der Waals surface area contributed by atoms with Gasteiger partial charge in [-0.05, 0) is 25.1 Å². The number of rotatable bonds is 6. The van der Waals surface area contributed by atoms with E-state index < -0.39 is 0 Å². The van der Waals surface area contributed by atoms with Crippen LogP contribution in [-0.4, -0.2) is 28.2 Å². The number of ether oxygens (including phenoxy) is 2. The maximum atomic E-state index is 5.97. The van der Waals surface area contributed by atoms with Crippen LogP contribution in [0.5, 0.6) is 11.5 Å². The summed E-state index contributed by atoms with van der Waals surface area (Å²) in [5.74, 6) is 1.35. The fourth-order valence-corrected chi connectivity index (χ4v) is 2.21. The lowest BCUT2D eigenvalue weighted by Gasteiger charge is -2.05. The Hall–Kier alpha value is -3.02. The van der Waals surface area contributed by atoms with E-state index in [0.717, 1.165) is 17.0 Å². The van der Waals surface area contributed by atoms with Crippen molar-refractivity contribution in [3.63, 3.8) is 0 Å². The molecule has 0 spiro atoms. The second-order valence-electron chi connectivity index (χ2n) is 4.90. The predicted molar refractivity (Wildman–Crippen MR) is 90.1 cm³/mol. The van der Waals surface area contributed by atoms with Crippen LogP contribution in [0.1, 0.15) is 6.92 Å². The van der Waals surface area contributed by atoms with Gasteiger partial charge in [-0.1, -0.05) is 18.7 Å². The quantitative estimate of drug-likeness (QED) is 0.559. The highest BCUT2D eigenvalue weighted by molar-refractivity contribution is 5.81. The minimum atomic E-state index is 0.451. The Morgan fingerprint density at radius 2 is 1.96 bits per heavy atom. The molecule has 0 saturated heterocycles. The second kappa shape index (κ2) is 6.39. The third-order valence-electron chi connectivity index (χ3n) is 3.23. The van der Waals surface area contributed by atoms with Crippen molar-refractivity contribution in [3.05, 3.63) is 49.1 Å². The molecule has 2 N–H and O–H groups in total. The predicted octanol–water partition coefficient (Wildman–Crippen LogP) is 2.97.